The lowest BCUT2D eigenvalue weighted by Crippen LogP contribution is -2.57. The molecule has 22 heavy (non-hydrogen) atoms. The van der Waals surface area contributed by atoms with Crippen molar-refractivity contribution in [3.05, 3.63) is 17.5 Å². The van der Waals surface area contributed by atoms with Crippen LogP contribution in [0.15, 0.2) is 10.6 Å². The average Bonchev–Trinajstić information content (AvgIpc) is 3.17. The van der Waals surface area contributed by atoms with E-state index >= 15 is 0 Å². The summed E-state index contributed by atoms with van der Waals surface area (Å²) in [5, 5.41) is 15.0. The van der Waals surface area contributed by atoms with Crippen LogP contribution in [0.3, 0.4) is 0 Å². The predicted octanol–water partition coefficient (Wildman–Crippen LogP) is 2.57. The van der Waals surface area contributed by atoms with Crippen LogP contribution in [0.25, 0.3) is 0 Å². The molecule has 0 unspecified atom stereocenters. The van der Waals surface area contributed by atoms with Crippen molar-refractivity contribution in [2.24, 2.45) is 11.8 Å². The number of hydrogen-bond acceptors (Lipinski definition) is 4. The van der Waals surface area contributed by atoms with Crippen LogP contribution < -0.4 is 0 Å². The van der Waals surface area contributed by atoms with Gasteiger partial charge < -0.3 is 14.5 Å². The summed E-state index contributed by atoms with van der Waals surface area (Å²) in [4.78, 5) is 14.4. The molecule has 0 spiro atoms. The molecule has 2 atom stereocenters. The van der Waals surface area contributed by atoms with Crippen molar-refractivity contribution in [1.82, 2.24) is 10.1 Å². The maximum atomic E-state index is 12.6. The van der Waals surface area contributed by atoms with Gasteiger partial charge in [-0.15, -0.1) is 0 Å². The molecule has 1 aromatic rings. The van der Waals surface area contributed by atoms with Crippen molar-refractivity contribution in [1.29, 1.82) is 0 Å². The van der Waals surface area contributed by atoms with Gasteiger partial charge in [0.1, 0.15) is 0 Å². The van der Waals surface area contributed by atoms with Crippen molar-refractivity contribution in [3.63, 3.8) is 0 Å². The van der Waals surface area contributed by atoms with Crippen molar-refractivity contribution in [2.45, 2.75) is 57.0 Å². The lowest BCUT2D eigenvalue weighted by atomic mass is 9.65. The molecule has 1 saturated heterocycles. The third kappa shape index (κ3) is 2.26. The zero-order valence-corrected chi connectivity index (χ0v) is 13.1. The molecule has 2 saturated carbocycles. The Morgan fingerprint density at radius 2 is 2.18 bits per heavy atom. The number of aromatic nitrogens is 1. The lowest BCUT2D eigenvalue weighted by Gasteiger charge is -2.50. The first-order valence-corrected chi connectivity index (χ1v) is 8.56. The third-order valence-electron chi connectivity index (χ3n) is 5.96. The Balaban J connectivity index is 1.43. The molecule has 2 aliphatic carbocycles. The molecule has 3 fully saturated rings. The second kappa shape index (κ2) is 5.08. The number of amides is 1. The van der Waals surface area contributed by atoms with Crippen molar-refractivity contribution in [2.75, 3.05) is 13.1 Å². The summed E-state index contributed by atoms with van der Waals surface area (Å²) in [6.07, 6.45) is 6.45. The van der Waals surface area contributed by atoms with E-state index in [0.29, 0.717) is 37.1 Å². The third-order valence-corrected chi connectivity index (χ3v) is 5.96. The highest BCUT2D eigenvalue weighted by atomic mass is 16.5. The molecule has 120 valence electrons. The largest absolute Gasteiger partial charge is 0.389 e. The molecular formula is C17H24N2O3. The van der Waals surface area contributed by atoms with E-state index in [1.807, 2.05) is 4.90 Å². The monoisotopic (exact) mass is 304 g/mol. The Kier molecular flexibility index (Phi) is 3.29. The standard InChI is InChI=1S/C17H24N2O3/c1-11-10-19(8-7-17(11,21)13-3-2-4-13)16(20)15-9-14(18-22-15)12-5-6-12/h9,11-13,21H,2-8,10H2,1H3/t11-,17+/m1/s1. The van der Waals surface area contributed by atoms with Crippen LogP contribution in [0.2, 0.25) is 0 Å². The van der Waals surface area contributed by atoms with E-state index in [0.717, 1.165) is 31.4 Å². The Hall–Kier alpha value is -1.36. The molecule has 1 N–H and O–H groups in total. The fourth-order valence-electron chi connectivity index (χ4n) is 3.96. The number of hydrogen-bond donors (Lipinski definition) is 1. The molecule has 5 nitrogen and oxygen atoms in total. The van der Waals surface area contributed by atoms with Gasteiger partial charge >= 0.3 is 0 Å². The fraction of sp³-hybridized carbons (Fsp3) is 0.765. The van der Waals surface area contributed by atoms with Gasteiger partial charge in [0, 0.05) is 31.0 Å². The van der Waals surface area contributed by atoms with Crippen LogP contribution in [-0.4, -0.2) is 39.8 Å². The SMILES string of the molecule is C[C@@H]1CN(C(=O)c2cc(C3CC3)no2)CC[C@@]1(O)C1CCC1. The van der Waals surface area contributed by atoms with Gasteiger partial charge in [-0.25, -0.2) is 0 Å². The van der Waals surface area contributed by atoms with Gasteiger partial charge in [-0.2, -0.15) is 0 Å². The number of carbonyl (C=O) groups is 1. The number of nitrogens with zero attached hydrogens (tertiary/aromatic N) is 2. The molecule has 3 aliphatic rings. The maximum Gasteiger partial charge on any atom is 0.292 e. The highest BCUT2D eigenvalue weighted by Gasteiger charge is 2.47. The molecule has 1 aliphatic heterocycles. The zero-order valence-electron chi connectivity index (χ0n) is 13.1. The highest BCUT2D eigenvalue weighted by molar-refractivity contribution is 5.91. The lowest BCUT2D eigenvalue weighted by molar-refractivity contribution is -0.122. The minimum atomic E-state index is -0.588. The van der Waals surface area contributed by atoms with E-state index in [4.69, 9.17) is 4.52 Å². The highest BCUT2D eigenvalue weighted by Crippen LogP contribution is 2.44. The van der Waals surface area contributed by atoms with Gasteiger partial charge in [-0.3, -0.25) is 4.79 Å². The molecule has 4 rings (SSSR count). The van der Waals surface area contributed by atoms with Gasteiger partial charge in [0.2, 0.25) is 5.76 Å². The van der Waals surface area contributed by atoms with Gasteiger partial charge in [0.15, 0.2) is 0 Å². The van der Waals surface area contributed by atoms with E-state index in [2.05, 4.69) is 12.1 Å². The van der Waals surface area contributed by atoms with Crippen molar-refractivity contribution >= 4 is 5.91 Å². The Morgan fingerprint density at radius 1 is 1.41 bits per heavy atom. The van der Waals surface area contributed by atoms with Crippen LogP contribution in [0.1, 0.15) is 67.6 Å². The smallest absolute Gasteiger partial charge is 0.292 e. The molecule has 1 amide bonds. The minimum Gasteiger partial charge on any atom is -0.389 e. The molecule has 0 bridgehead atoms. The van der Waals surface area contributed by atoms with E-state index in [9.17, 15) is 9.90 Å². The van der Waals surface area contributed by atoms with Gasteiger partial charge in [-0.05, 0) is 38.0 Å². The van der Waals surface area contributed by atoms with Crippen LogP contribution in [0.4, 0.5) is 0 Å². The number of piperidine rings is 1. The Morgan fingerprint density at radius 3 is 2.77 bits per heavy atom. The van der Waals surface area contributed by atoms with Crippen molar-refractivity contribution in [3.8, 4) is 0 Å². The molecule has 0 radical (unpaired) electrons. The number of likely N-dealkylation sites (tertiary alicyclic amines) is 1. The van der Waals surface area contributed by atoms with E-state index in [1.165, 1.54) is 6.42 Å². The average molecular weight is 304 g/mol. The van der Waals surface area contributed by atoms with Crippen LogP contribution >= 0.6 is 0 Å². The van der Waals surface area contributed by atoms with Crippen LogP contribution in [-0.2, 0) is 0 Å². The number of rotatable bonds is 3. The van der Waals surface area contributed by atoms with Crippen molar-refractivity contribution < 1.29 is 14.4 Å². The maximum absolute atomic E-state index is 12.6. The van der Waals surface area contributed by atoms with E-state index < -0.39 is 5.60 Å². The molecule has 5 heteroatoms. The molecular weight excluding hydrogens is 280 g/mol. The summed E-state index contributed by atoms with van der Waals surface area (Å²) in [7, 11) is 0. The fourth-order valence-corrected chi connectivity index (χ4v) is 3.96. The normalized spacial score (nSPS) is 32.8. The quantitative estimate of drug-likeness (QED) is 0.932. The topological polar surface area (TPSA) is 66.6 Å². The molecule has 2 heterocycles. The Labute approximate surface area is 130 Å². The summed E-state index contributed by atoms with van der Waals surface area (Å²) in [5.74, 6) is 1.30. The number of carbonyl (C=O) groups excluding carboxylic acids is 1. The first-order valence-electron chi connectivity index (χ1n) is 8.56. The molecule has 1 aromatic heterocycles. The van der Waals surface area contributed by atoms with E-state index in [1.54, 1.807) is 6.07 Å². The summed E-state index contributed by atoms with van der Waals surface area (Å²) in [6.45, 7) is 3.27. The van der Waals surface area contributed by atoms with Gasteiger partial charge in [-0.1, -0.05) is 18.5 Å². The van der Waals surface area contributed by atoms with Gasteiger partial charge in [0.25, 0.3) is 5.91 Å². The summed E-state index contributed by atoms with van der Waals surface area (Å²) >= 11 is 0. The summed E-state index contributed by atoms with van der Waals surface area (Å²) in [5.41, 5.74) is 0.328. The van der Waals surface area contributed by atoms with Gasteiger partial charge in [0.05, 0.1) is 11.3 Å². The second-order valence-electron chi connectivity index (χ2n) is 7.41. The Bertz CT molecular complexity index is 576. The van der Waals surface area contributed by atoms with Crippen LogP contribution in [0.5, 0.6) is 0 Å². The summed E-state index contributed by atoms with van der Waals surface area (Å²) in [6, 6.07) is 1.80. The molecule has 0 aromatic carbocycles. The van der Waals surface area contributed by atoms with E-state index in [-0.39, 0.29) is 11.8 Å². The zero-order chi connectivity index (χ0) is 15.3. The second-order valence-corrected chi connectivity index (χ2v) is 7.41. The minimum absolute atomic E-state index is 0.0816. The number of aliphatic hydroxyl groups is 1. The summed E-state index contributed by atoms with van der Waals surface area (Å²) < 4.78 is 5.24. The first-order chi connectivity index (χ1) is 10.6. The first kappa shape index (κ1) is 14.2. The predicted molar refractivity (Wildman–Crippen MR) is 80.5 cm³/mol. The van der Waals surface area contributed by atoms with Crippen LogP contribution in [0, 0.1) is 11.8 Å².